The Hall–Kier alpha value is -2.58. The number of piperazine rings is 1. The van der Waals surface area contributed by atoms with E-state index in [9.17, 15) is 14.4 Å². The lowest BCUT2D eigenvalue weighted by atomic mass is 9.96. The molecule has 1 aromatic heterocycles. The smallest absolute Gasteiger partial charge is 0.409 e. The predicted molar refractivity (Wildman–Crippen MR) is 99.6 cm³/mol. The van der Waals surface area contributed by atoms with Gasteiger partial charge in [-0.05, 0) is 19.8 Å². The SMILES string of the molecule is CCOC(=O)N1CCN(C(=O)C2CCCN(c3cnn(C)c(=O)c3)C2)CC1. The van der Waals surface area contributed by atoms with Crippen LogP contribution in [0.4, 0.5) is 10.5 Å². The number of carbonyl (C=O) groups is 2. The van der Waals surface area contributed by atoms with Gasteiger partial charge in [0.2, 0.25) is 5.91 Å². The first-order valence-electron chi connectivity index (χ1n) is 9.48. The minimum absolute atomic E-state index is 0.100. The molecule has 1 atom stereocenters. The largest absolute Gasteiger partial charge is 0.450 e. The second-order valence-corrected chi connectivity index (χ2v) is 6.97. The minimum atomic E-state index is -0.313. The summed E-state index contributed by atoms with van der Waals surface area (Å²) in [5.74, 6) is 0.0250. The molecular formula is C18H27N5O4. The second kappa shape index (κ2) is 8.41. The molecule has 148 valence electrons. The van der Waals surface area contributed by atoms with Gasteiger partial charge in [-0.1, -0.05) is 0 Å². The zero-order chi connectivity index (χ0) is 19.4. The van der Waals surface area contributed by atoms with Crippen LogP contribution in [0.2, 0.25) is 0 Å². The zero-order valence-electron chi connectivity index (χ0n) is 16.0. The van der Waals surface area contributed by atoms with Crippen molar-refractivity contribution in [3.63, 3.8) is 0 Å². The fraction of sp³-hybridized carbons (Fsp3) is 0.667. The van der Waals surface area contributed by atoms with Gasteiger partial charge in [0.15, 0.2) is 0 Å². The summed E-state index contributed by atoms with van der Waals surface area (Å²) < 4.78 is 6.31. The predicted octanol–water partition coefficient (Wildman–Crippen LogP) is 0.297. The van der Waals surface area contributed by atoms with E-state index in [2.05, 4.69) is 10.00 Å². The average molecular weight is 377 g/mol. The van der Waals surface area contributed by atoms with Gasteiger partial charge >= 0.3 is 6.09 Å². The number of amides is 2. The maximum absolute atomic E-state index is 12.9. The first-order chi connectivity index (χ1) is 13.0. The van der Waals surface area contributed by atoms with E-state index in [0.717, 1.165) is 25.1 Å². The molecule has 0 N–H and O–H groups in total. The van der Waals surface area contributed by atoms with E-state index in [1.54, 1.807) is 31.1 Å². The molecule has 1 aromatic rings. The number of anilines is 1. The molecule has 0 aromatic carbocycles. The zero-order valence-corrected chi connectivity index (χ0v) is 16.0. The van der Waals surface area contributed by atoms with Crippen LogP contribution in [-0.4, -0.2) is 77.5 Å². The Balaban J connectivity index is 1.58. The third kappa shape index (κ3) is 4.40. The summed E-state index contributed by atoms with van der Waals surface area (Å²) in [7, 11) is 1.62. The van der Waals surface area contributed by atoms with Gasteiger partial charge in [-0.15, -0.1) is 0 Å². The molecule has 0 saturated carbocycles. The van der Waals surface area contributed by atoms with Crippen LogP contribution in [0.15, 0.2) is 17.1 Å². The normalized spacial score (nSPS) is 20.5. The molecule has 2 amide bonds. The molecule has 3 heterocycles. The van der Waals surface area contributed by atoms with Crippen LogP contribution in [0.25, 0.3) is 0 Å². The van der Waals surface area contributed by atoms with Gasteiger partial charge in [-0.3, -0.25) is 9.59 Å². The minimum Gasteiger partial charge on any atom is -0.450 e. The molecule has 2 aliphatic rings. The van der Waals surface area contributed by atoms with Gasteiger partial charge in [0.25, 0.3) is 5.56 Å². The molecule has 27 heavy (non-hydrogen) atoms. The number of hydrogen-bond acceptors (Lipinski definition) is 6. The number of piperidine rings is 1. The third-order valence-corrected chi connectivity index (χ3v) is 5.21. The molecule has 2 fully saturated rings. The molecule has 0 bridgehead atoms. The van der Waals surface area contributed by atoms with E-state index < -0.39 is 0 Å². The highest BCUT2D eigenvalue weighted by molar-refractivity contribution is 5.80. The van der Waals surface area contributed by atoms with Gasteiger partial charge in [0.1, 0.15) is 0 Å². The molecule has 0 radical (unpaired) electrons. The first kappa shape index (κ1) is 19.2. The lowest BCUT2D eigenvalue weighted by Crippen LogP contribution is -2.53. The fourth-order valence-electron chi connectivity index (χ4n) is 3.63. The van der Waals surface area contributed by atoms with Crippen LogP contribution < -0.4 is 10.5 Å². The summed E-state index contributed by atoms with van der Waals surface area (Å²) in [6.07, 6.45) is 3.10. The number of carbonyl (C=O) groups excluding carboxylic acids is 2. The van der Waals surface area contributed by atoms with Crippen molar-refractivity contribution in [1.29, 1.82) is 0 Å². The number of ether oxygens (including phenoxy) is 1. The highest BCUT2D eigenvalue weighted by atomic mass is 16.6. The Labute approximate surface area is 158 Å². The van der Waals surface area contributed by atoms with E-state index in [1.807, 2.05) is 4.90 Å². The Kier molecular flexibility index (Phi) is 5.98. The van der Waals surface area contributed by atoms with Crippen molar-refractivity contribution < 1.29 is 14.3 Å². The lowest BCUT2D eigenvalue weighted by Gasteiger charge is -2.39. The summed E-state index contributed by atoms with van der Waals surface area (Å²) in [5, 5.41) is 4.07. The summed E-state index contributed by atoms with van der Waals surface area (Å²) in [6.45, 7) is 5.60. The third-order valence-electron chi connectivity index (χ3n) is 5.21. The van der Waals surface area contributed by atoms with Crippen molar-refractivity contribution in [2.24, 2.45) is 13.0 Å². The standard InChI is InChI=1S/C18H27N5O4/c1-3-27-18(26)22-9-7-21(8-10-22)17(25)14-5-4-6-23(13-14)15-11-16(24)20(2)19-12-15/h11-12,14H,3-10,13H2,1-2H3. The van der Waals surface area contributed by atoms with Gasteiger partial charge in [0.05, 0.1) is 24.4 Å². The maximum atomic E-state index is 12.9. The van der Waals surface area contributed by atoms with Crippen LogP contribution in [0.5, 0.6) is 0 Å². The van der Waals surface area contributed by atoms with E-state index in [1.165, 1.54) is 4.68 Å². The Bertz CT molecular complexity index is 742. The summed E-state index contributed by atoms with van der Waals surface area (Å²) in [4.78, 5) is 42.1. The van der Waals surface area contributed by atoms with Gasteiger partial charge < -0.3 is 19.4 Å². The molecule has 9 heteroatoms. The number of nitrogens with zero attached hydrogens (tertiary/aromatic N) is 5. The highest BCUT2D eigenvalue weighted by Gasteiger charge is 2.32. The molecule has 2 aliphatic heterocycles. The van der Waals surface area contributed by atoms with Crippen molar-refractivity contribution in [2.75, 3.05) is 50.8 Å². The summed E-state index contributed by atoms with van der Waals surface area (Å²) in [6, 6.07) is 1.57. The van der Waals surface area contributed by atoms with Crippen molar-refractivity contribution in [2.45, 2.75) is 19.8 Å². The molecule has 2 saturated heterocycles. The second-order valence-electron chi connectivity index (χ2n) is 6.97. The molecular weight excluding hydrogens is 350 g/mol. The van der Waals surface area contributed by atoms with E-state index in [-0.39, 0.29) is 23.5 Å². The van der Waals surface area contributed by atoms with Crippen molar-refractivity contribution in [3.05, 3.63) is 22.6 Å². The number of aromatic nitrogens is 2. The van der Waals surface area contributed by atoms with Crippen LogP contribution in [0.3, 0.4) is 0 Å². The van der Waals surface area contributed by atoms with Gasteiger partial charge in [-0.25, -0.2) is 9.48 Å². The Morgan fingerprint density at radius 3 is 2.56 bits per heavy atom. The topological polar surface area (TPSA) is 88.0 Å². The number of hydrogen-bond donors (Lipinski definition) is 0. The Morgan fingerprint density at radius 2 is 1.89 bits per heavy atom. The molecule has 9 nitrogen and oxygen atoms in total. The Morgan fingerprint density at radius 1 is 1.19 bits per heavy atom. The van der Waals surface area contributed by atoms with Crippen LogP contribution in [0, 0.1) is 5.92 Å². The van der Waals surface area contributed by atoms with E-state index >= 15 is 0 Å². The number of aryl methyl sites for hydroxylation is 1. The van der Waals surface area contributed by atoms with Crippen LogP contribution in [0.1, 0.15) is 19.8 Å². The van der Waals surface area contributed by atoms with Crippen LogP contribution in [-0.2, 0) is 16.6 Å². The van der Waals surface area contributed by atoms with E-state index in [0.29, 0.717) is 39.3 Å². The van der Waals surface area contributed by atoms with E-state index in [4.69, 9.17) is 4.74 Å². The monoisotopic (exact) mass is 377 g/mol. The van der Waals surface area contributed by atoms with Gasteiger partial charge in [-0.2, -0.15) is 5.10 Å². The van der Waals surface area contributed by atoms with Crippen LogP contribution >= 0.6 is 0 Å². The van der Waals surface area contributed by atoms with Gasteiger partial charge in [0, 0.05) is 52.4 Å². The average Bonchev–Trinajstić information content (AvgIpc) is 2.70. The summed E-state index contributed by atoms with van der Waals surface area (Å²) >= 11 is 0. The fourth-order valence-corrected chi connectivity index (χ4v) is 3.63. The molecule has 1 unspecified atom stereocenters. The lowest BCUT2D eigenvalue weighted by molar-refractivity contribution is -0.137. The molecule has 0 spiro atoms. The van der Waals surface area contributed by atoms with Crippen molar-refractivity contribution in [1.82, 2.24) is 19.6 Å². The summed E-state index contributed by atoms with van der Waals surface area (Å²) in [5.41, 5.74) is 0.610. The maximum Gasteiger partial charge on any atom is 0.409 e. The highest BCUT2D eigenvalue weighted by Crippen LogP contribution is 2.23. The number of rotatable bonds is 3. The van der Waals surface area contributed by atoms with Crippen molar-refractivity contribution in [3.8, 4) is 0 Å². The quantitative estimate of drug-likeness (QED) is 0.753. The molecule has 0 aliphatic carbocycles. The first-order valence-corrected chi connectivity index (χ1v) is 9.48. The molecule has 3 rings (SSSR count). The van der Waals surface area contributed by atoms with Crippen molar-refractivity contribution >= 4 is 17.7 Å².